The number of allylic oxidation sites excluding steroid dienone is 1. The lowest BCUT2D eigenvalue weighted by atomic mass is 9.75. The molecule has 190 valence electrons. The van der Waals surface area contributed by atoms with E-state index in [4.69, 9.17) is 14.2 Å². The van der Waals surface area contributed by atoms with Crippen LogP contribution in [-0.4, -0.2) is 42.4 Å². The number of benzene rings is 2. The Hall–Kier alpha value is -3.85. The van der Waals surface area contributed by atoms with Crippen molar-refractivity contribution < 1.29 is 28.7 Å². The van der Waals surface area contributed by atoms with E-state index in [1.165, 1.54) is 25.3 Å². The molecule has 36 heavy (non-hydrogen) atoms. The molecule has 0 spiro atoms. The van der Waals surface area contributed by atoms with Gasteiger partial charge in [0.25, 0.3) is 5.69 Å². The van der Waals surface area contributed by atoms with Crippen molar-refractivity contribution in [2.24, 2.45) is 10.9 Å². The zero-order valence-electron chi connectivity index (χ0n) is 21.0. The van der Waals surface area contributed by atoms with Crippen molar-refractivity contribution >= 4 is 23.3 Å². The third kappa shape index (κ3) is 6.04. The van der Waals surface area contributed by atoms with Crippen molar-refractivity contribution in [3.63, 3.8) is 0 Å². The fourth-order valence-electron chi connectivity index (χ4n) is 4.30. The monoisotopic (exact) mass is 494 g/mol. The molecule has 0 aliphatic carbocycles. The summed E-state index contributed by atoms with van der Waals surface area (Å²) in [6, 6.07) is 15.2. The van der Waals surface area contributed by atoms with E-state index in [9.17, 15) is 19.7 Å². The van der Waals surface area contributed by atoms with Crippen molar-refractivity contribution in [1.82, 2.24) is 0 Å². The second kappa shape index (κ2) is 11.7. The SMILES string of the molecule is CO[C@H](COC(=O)C1=C(C)N=C(C)C(C(=O)OC(C)C)C1c1cccc([N+](=O)[O-])c1)c1ccccc1. The molecule has 1 aliphatic rings. The van der Waals surface area contributed by atoms with E-state index in [-0.39, 0.29) is 17.9 Å². The van der Waals surface area contributed by atoms with Gasteiger partial charge in [0.15, 0.2) is 0 Å². The first-order valence-electron chi connectivity index (χ1n) is 11.6. The average molecular weight is 495 g/mol. The molecule has 3 rings (SSSR count). The smallest absolute Gasteiger partial charge is 0.336 e. The number of esters is 2. The van der Waals surface area contributed by atoms with Crippen LogP contribution < -0.4 is 0 Å². The normalized spacial score (nSPS) is 18.4. The number of non-ortho nitro benzene ring substituents is 1. The predicted octanol–water partition coefficient (Wildman–Crippen LogP) is 4.93. The number of carbonyl (C=O) groups is 2. The summed E-state index contributed by atoms with van der Waals surface area (Å²) in [5, 5.41) is 11.5. The highest BCUT2D eigenvalue weighted by atomic mass is 16.6. The second-order valence-electron chi connectivity index (χ2n) is 8.78. The minimum atomic E-state index is -0.951. The molecule has 0 fully saturated rings. The molecule has 0 N–H and O–H groups in total. The number of aliphatic imine (C=N–C) groups is 1. The molecule has 0 radical (unpaired) electrons. The highest BCUT2D eigenvalue weighted by Crippen LogP contribution is 2.41. The molecule has 1 aliphatic heterocycles. The second-order valence-corrected chi connectivity index (χ2v) is 8.78. The number of hydrogen-bond acceptors (Lipinski definition) is 8. The van der Waals surface area contributed by atoms with Crippen LogP contribution in [0.4, 0.5) is 5.69 Å². The minimum Gasteiger partial charge on any atom is -0.462 e. The molecule has 0 saturated heterocycles. The number of nitrogens with zero attached hydrogens (tertiary/aromatic N) is 2. The van der Waals surface area contributed by atoms with E-state index in [0.29, 0.717) is 17.0 Å². The van der Waals surface area contributed by atoms with Crippen LogP contribution in [0, 0.1) is 16.0 Å². The number of rotatable bonds is 9. The number of hydrogen-bond donors (Lipinski definition) is 0. The maximum atomic E-state index is 13.5. The van der Waals surface area contributed by atoms with Gasteiger partial charge in [-0.05, 0) is 38.8 Å². The molecule has 0 amide bonds. The number of carbonyl (C=O) groups excluding carboxylic acids is 2. The Morgan fingerprint density at radius 1 is 1.08 bits per heavy atom. The van der Waals surface area contributed by atoms with Gasteiger partial charge in [-0.25, -0.2) is 4.79 Å². The van der Waals surface area contributed by atoms with Gasteiger partial charge >= 0.3 is 11.9 Å². The first-order valence-corrected chi connectivity index (χ1v) is 11.6. The molecule has 0 bridgehead atoms. The van der Waals surface area contributed by atoms with Crippen molar-refractivity contribution in [3.8, 4) is 0 Å². The largest absolute Gasteiger partial charge is 0.462 e. The van der Waals surface area contributed by atoms with Crippen LogP contribution in [0.15, 0.2) is 70.9 Å². The molecule has 0 aromatic heterocycles. The van der Waals surface area contributed by atoms with Gasteiger partial charge in [-0.1, -0.05) is 42.5 Å². The Kier molecular flexibility index (Phi) is 8.71. The third-order valence-corrected chi connectivity index (χ3v) is 5.92. The summed E-state index contributed by atoms with van der Waals surface area (Å²) in [6.45, 7) is 6.71. The lowest BCUT2D eigenvalue weighted by molar-refractivity contribution is -0.384. The molecule has 2 aromatic carbocycles. The van der Waals surface area contributed by atoms with Crippen LogP contribution in [0.1, 0.15) is 50.8 Å². The van der Waals surface area contributed by atoms with E-state index < -0.39 is 40.9 Å². The molecule has 2 aromatic rings. The van der Waals surface area contributed by atoms with Gasteiger partial charge in [-0.2, -0.15) is 0 Å². The summed E-state index contributed by atoms with van der Waals surface area (Å²) >= 11 is 0. The summed E-state index contributed by atoms with van der Waals surface area (Å²) in [5.74, 6) is -3.08. The maximum absolute atomic E-state index is 13.5. The van der Waals surface area contributed by atoms with Crippen LogP contribution in [0.3, 0.4) is 0 Å². The number of nitro benzene ring substituents is 1. The maximum Gasteiger partial charge on any atom is 0.336 e. The van der Waals surface area contributed by atoms with E-state index in [0.717, 1.165) is 5.56 Å². The van der Waals surface area contributed by atoms with Crippen LogP contribution in [0.2, 0.25) is 0 Å². The van der Waals surface area contributed by atoms with E-state index in [1.807, 2.05) is 30.3 Å². The van der Waals surface area contributed by atoms with Crippen molar-refractivity contribution in [2.75, 3.05) is 13.7 Å². The van der Waals surface area contributed by atoms with E-state index in [2.05, 4.69) is 4.99 Å². The number of ether oxygens (including phenoxy) is 3. The first-order chi connectivity index (χ1) is 17.1. The van der Waals surface area contributed by atoms with Gasteiger partial charge in [0.05, 0.1) is 16.6 Å². The predicted molar refractivity (Wildman–Crippen MR) is 134 cm³/mol. The lowest BCUT2D eigenvalue weighted by Crippen LogP contribution is -2.37. The summed E-state index contributed by atoms with van der Waals surface area (Å²) in [6.07, 6.45) is -0.894. The standard InChI is InChI=1S/C27H30N2O7/c1-16(2)36-27(31)24-18(4)28-17(3)23(25(24)20-12-9-13-21(14-20)29(32)33)26(30)35-15-22(34-5)19-10-7-6-8-11-19/h6-14,16,22,24-25H,15H2,1-5H3/t22-,24?,25?/m1/s1. The fourth-order valence-corrected chi connectivity index (χ4v) is 4.30. The summed E-state index contributed by atoms with van der Waals surface area (Å²) in [4.78, 5) is 42.0. The van der Waals surface area contributed by atoms with Crippen molar-refractivity contribution in [1.29, 1.82) is 0 Å². The Labute approximate surface area is 209 Å². The lowest BCUT2D eigenvalue weighted by Gasteiger charge is -2.32. The van der Waals surface area contributed by atoms with Crippen molar-refractivity contribution in [3.05, 3.63) is 87.1 Å². The van der Waals surface area contributed by atoms with Gasteiger partial charge in [0.2, 0.25) is 0 Å². The number of methoxy groups -OCH3 is 1. The Bertz CT molecular complexity index is 1190. The molecule has 2 unspecified atom stereocenters. The third-order valence-electron chi connectivity index (χ3n) is 5.92. The Morgan fingerprint density at radius 3 is 2.39 bits per heavy atom. The van der Waals surface area contributed by atoms with E-state index in [1.54, 1.807) is 33.8 Å². The average Bonchev–Trinajstić information content (AvgIpc) is 2.84. The van der Waals surface area contributed by atoms with E-state index >= 15 is 0 Å². The highest BCUT2D eigenvalue weighted by molar-refractivity contribution is 6.07. The fraction of sp³-hybridized carbons (Fsp3) is 0.370. The minimum absolute atomic E-state index is 0.0679. The van der Waals surface area contributed by atoms with Gasteiger partial charge in [0, 0.05) is 36.6 Å². The topological polar surface area (TPSA) is 117 Å². The summed E-state index contributed by atoms with van der Waals surface area (Å²) < 4.78 is 16.6. The Balaban J connectivity index is 2.01. The van der Waals surface area contributed by atoms with Gasteiger partial charge in [0.1, 0.15) is 18.6 Å². The number of nitro groups is 1. The highest BCUT2D eigenvalue weighted by Gasteiger charge is 2.43. The summed E-state index contributed by atoms with van der Waals surface area (Å²) in [5.41, 5.74) is 2.07. The molecule has 0 saturated carbocycles. The van der Waals surface area contributed by atoms with Gasteiger partial charge in [-0.15, -0.1) is 0 Å². The molecule has 1 heterocycles. The molecule has 9 heteroatoms. The molecular weight excluding hydrogens is 464 g/mol. The Morgan fingerprint density at radius 2 is 1.78 bits per heavy atom. The van der Waals surface area contributed by atoms with Crippen LogP contribution in [0.5, 0.6) is 0 Å². The molecule has 9 nitrogen and oxygen atoms in total. The van der Waals surface area contributed by atoms with Crippen LogP contribution in [-0.2, 0) is 23.8 Å². The first kappa shape index (κ1) is 26.7. The summed E-state index contributed by atoms with van der Waals surface area (Å²) in [7, 11) is 1.52. The zero-order valence-corrected chi connectivity index (χ0v) is 21.0. The quantitative estimate of drug-likeness (QED) is 0.276. The van der Waals surface area contributed by atoms with Crippen LogP contribution >= 0.6 is 0 Å². The molecular formula is C27H30N2O7. The van der Waals surface area contributed by atoms with Crippen molar-refractivity contribution in [2.45, 2.75) is 45.8 Å². The molecule has 3 atom stereocenters. The van der Waals surface area contributed by atoms with Gasteiger partial charge in [-0.3, -0.25) is 19.9 Å². The zero-order chi connectivity index (χ0) is 26.4. The van der Waals surface area contributed by atoms with Crippen LogP contribution in [0.25, 0.3) is 0 Å². The van der Waals surface area contributed by atoms with Gasteiger partial charge < -0.3 is 14.2 Å².